The minimum atomic E-state index is -0.390. The molecule has 4 N–H and O–H groups in total. The van der Waals surface area contributed by atoms with E-state index < -0.39 is 12.1 Å². The molecule has 0 radical (unpaired) electrons. The lowest BCUT2D eigenvalue weighted by atomic mass is 9.95. The summed E-state index contributed by atoms with van der Waals surface area (Å²) >= 11 is 0. The quantitative estimate of drug-likeness (QED) is 0.0795. The van der Waals surface area contributed by atoms with Crippen molar-refractivity contribution in [1.29, 1.82) is 0 Å². The average molecular weight is 851 g/mol. The van der Waals surface area contributed by atoms with E-state index in [0.29, 0.717) is 95.8 Å². The van der Waals surface area contributed by atoms with Crippen LogP contribution >= 0.6 is 0 Å². The van der Waals surface area contributed by atoms with Gasteiger partial charge in [-0.1, -0.05) is 25.0 Å². The number of rotatable bonds is 17. The summed E-state index contributed by atoms with van der Waals surface area (Å²) in [6.45, 7) is 4.11. The van der Waals surface area contributed by atoms with E-state index in [1.165, 1.54) is 13.8 Å². The summed E-state index contributed by atoms with van der Waals surface area (Å²) in [6.07, 6.45) is 5.83. The molecule has 14 nitrogen and oxygen atoms in total. The number of hydrogen-bond acceptors (Lipinski definition) is 12. The highest BCUT2D eigenvalue weighted by Crippen LogP contribution is 2.51. The third kappa shape index (κ3) is 9.54. The number of carbonyl (C=O) groups is 2. The van der Waals surface area contributed by atoms with Crippen molar-refractivity contribution in [2.24, 2.45) is 0 Å². The molecule has 0 heterocycles. The van der Waals surface area contributed by atoms with Crippen LogP contribution in [0.3, 0.4) is 0 Å². The van der Waals surface area contributed by atoms with E-state index >= 15 is 0 Å². The summed E-state index contributed by atoms with van der Waals surface area (Å²) in [4.78, 5) is 52.0. The minimum absolute atomic E-state index is 0.181. The Hall–Kier alpha value is -6.44. The first-order valence-corrected chi connectivity index (χ1v) is 21.0. The molecular weight excluding hydrogens is 793 g/mol. The Morgan fingerprint density at radius 1 is 0.532 bits per heavy atom. The number of ether oxygens (including phenoxy) is 6. The summed E-state index contributed by atoms with van der Waals surface area (Å²) in [6, 6.07) is 13.7. The van der Waals surface area contributed by atoms with E-state index in [9.17, 15) is 19.2 Å². The van der Waals surface area contributed by atoms with Crippen LogP contribution in [-0.4, -0.2) is 67.6 Å². The smallest absolute Gasteiger partial charge is 0.217 e. The van der Waals surface area contributed by atoms with Crippen molar-refractivity contribution < 1.29 is 38.0 Å². The molecule has 14 heteroatoms. The van der Waals surface area contributed by atoms with Crippen molar-refractivity contribution in [2.75, 3.05) is 66.4 Å². The van der Waals surface area contributed by atoms with E-state index in [1.807, 2.05) is 24.3 Å². The molecule has 0 spiro atoms. The molecule has 330 valence electrons. The number of nitrogens with one attached hydrogen (secondary N) is 4. The lowest BCUT2D eigenvalue weighted by Gasteiger charge is -2.19. The molecule has 2 aliphatic rings. The van der Waals surface area contributed by atoms with Gasteiger partial charge >= 0.3 is 0 Å². The zero-order chi connectivity index (χ0) is 44.5. The highest BCUT2D eigenvalue weighted by molar-refractivity contribution is 5.85. The maximum absolute atomic E-state index is 13.7. The zero-order valence-electron chi connectivity index (χ0n) is 36.9. The van der Waals surface area contributed by atoms with Gasteiger partial charge in [0.05, 0.1) is 66.1 Å². The van der Waals surface area contributed by atoms with Crippen LogP contribution in [-0.2, 0) is 22.4 Å². The van der Waals surface area contributed by atoms with E-state index in [1.54, 1.807) is 66.9 Å². The fraction of sp³-hybridized carbons (Fsp3) is 0.417. The third-order valence-corrected chi connectivity index (χ3v) is 11.6. The van der Waals surface area contributed by atoms with E-state index in [2.05, 4.69) is 21.3 Å². The number of methoxy groups -OCH3 is 6. The molecule has 0 saturated heterocycles. The number of aryl methyl sites for hydroxylation is 2. The average Bonchev–Trinajstić information content (AvgIpc) is 3.65. The molecule has 0 fully saturated rings. The zero-order valence-corrected chi connectivity index (χ0v) is 36.9. The third-order valence-electron chi connectivity index (χ3n) is 11.6. The predicted molar refractivity (Wildman–Crippen MR) is 241 cm³/mol. The maximum Gasteiger partial charge on any atom is 0.217 e. The van der Waals surface area contributed by atoms with Crippen LogP contribution in [0.2, 0.25) is 0 Å². The Bertz CT molecular complexity index is 2270. The lowest BCUT2D eigenvalue weighted by molar-refractivity contribution is -0.120. The van der Waals surface area contributed by atoms with Crippen LogP contribution in [0.25, 0.3) is 22.3 Å². The van der Waals surface area contributed by atoms with Crippen LogP contribution < -0.4 is 60.5 Å². The lowest BCUT2D eigenvalue weighted by Crippen LogP contribution is -2.26. The molecule has 2 amide bonds. The number of carbonyl (C=O) groups excluding carboxylic acids is 2. The van der Waals surface area contributed by atoms with Gasteiger partial charge in [0.2, 0.25) is 34.2 Å². The Morgan fingerprint density at radius 3 is 1.26 bits per heavy atom. The van der Waals surface area contributed by atoms with Gasteiger partial charge in [0.1, 0.15) is 0 Å². The summed E-state index contributed by atoms with van der Waals surface area (Å²) in [7, 11) is 9.42. The van der Waals surface area contributed by atoms with Gasteiger partial charge in [-0.05, 0) is 108 Å². The first-order chi connectivity index (χ1) is 30.0. The van der Waals surface area contributed by atoms with E-state index in [-0.39, 0.29) is 22.7 Å². The molecular formula is C48H58N4O10. The highest BCUT2D eigenvalue weighted by Gasteiger charge is 2.31. The monoisotopic (exact) mass is 850 g/mol. The molecule has 4 aromatic rings. The molecule has 0 saturated carbocycles. The number of benzene rings is 2. The second-order valence-electron chi connectivity index (χ2n) is 15.5. The van der Waals surface area contributed by atoms with Gasteiger partial charge in [0, 0.05) is 38.1 Å². The molecule has 0 aliphatic heterocycles. The fourth-order valence-electron chi connectivity index (χ4n) is 8.76. The summed E-state index contributed by atoms with van der Waals surface area (Å²) in [5.74, 6) is 2.61. The first kappa shape index (κ1) is 45.1. The highest BCUT2D eigenvalue weighted by atomic mass is 16.5. The first-order valence-electron chi connectivity index (χ1n) is 21.0. The molecule has 62 heavy (non-hydrogen) atoms. The molecule has 2 aliphatic carbocycles. The minimum Gasteiger partial charge on any atom is -0.493 e. The Balaban J connectivity index is 1.14. The van der Waals surface area contributed by atoms with Gasteiger partial charge in [-0.15, -0.1) is 0 Å². The van der Waals surface area contributed by atoms with E-state index in [0.717, 1.165) is 59.1 Å². The van der Waals surface area contributed by atoms with Crippen LogP contribution in [0.1, 0.15) is 86.7 Å². The second-order valence-corrected chi connectivity index (χ2v) is 15.5. The second kappa shape index (κ2) is 20.4. The number of hydrogen-bond donors (Lipinski definition) is 4. The maximum atomic E-state index is 13.7. The van der Waals surface area contributed by atoms with Crippen molar-refractivity contribution in [3.05, 3.63) is 91.2 Å². The van der Waals surface area contributed by atoms with Gasteiger partial charge in [0.15, 0.2) is 23.0 Å². The number of amides is 2. The number of unbranched alkanes of at least 4 members (excludes halogenated alkanes) is 3. The Labute approximate surface area is 362 Å². The van der Waals surface area contributed by atoms with Crippen LogP contribution in [0.5, 0.6) is 34.5 Å². The van der Waals surface area contributed by atoms with Crippen molar-refractivity contribution in [2.45, 2.75) is 77.3 Å². The van der Waals surface area contributed by atoms with Gasteiger partial charge < -0.3 is 49.7 Å². The topological polar surface area (TPSA) is 172 Å². The number of fused-ring (bicyclic) bond motifs is 6. The summed E-state index contributed by atoms with van der Waals surface area (Å²) in [5.41, 5.74) is 7.03. The molecule has 0 aromatic heterocycles. The summed E-state index contributed by atoms with van der Waals surface area (Å²) in [5, 5.41) is 12.8. The molecule has 0 bridgehead atoms. The number of anilines is 2. The van der Waals surface area contributed by atoms with Crippen LogP contribution in [0.15, 0.2) is 58.1 Å². The van der Waals surface area contributed by atoms with Crippen molar-refractivity contribution in [1.82, 2.24) is 10.6 Å². The molecule has 2 atom stereocenters. The Kier molecular flexibility index (Phi) is 14.8. The van der Waals surface area contributed by atoms with Crippen LogP contribution in [0, 0.1) is 0 Å². The normalized spacial score (nSPS) is 14.8. The predicted octanol–water partition coefficient (Wildman–Crippen LogP) is 7.12. The van der Waals surface area contributed by atoms with Crippen molar-refractivity contribution in [3.63, 3.8) is 0 Å². The standard InChI is InChI=1S/C48H58N4O10/c1-27(53)51-35-17-13-29-23-41(57-3)45(59-5)47(61-7)43(29)31-15-19-37(39(55)25-33(31)35)49-21-11-9-10-12-22-50-38-20-16-32-34(26-40(38)56)36(52-28(2)54)18-14-30-24-42(58-4)46(60-6)48(62-8)44(30)32/h15-16,19-20,23-26,35-36H,9-14,17-18,21-22H2,1-8H3,(H,49,55)(H,50,56)(H,51,53)(H,52,54)/t35-,36-/m0/s1. The Morgan fingerprint density at radius 2 is 0.919 bits per heavy atom. The SMILES string of the molecule is COc1cc2c(c(OC)c1OC)-c1ccc(NCCCCCCNc3ccc4c(cc3=O)[C@@H](NC(C)=O)CCc3cc(OC)c(OC)c(OC)c3-4)c(=O)cc1[C@@H](NC(C)=O)CC2. The largest absolute Gasteiger partial charge is 0.493 e. The van der Waals surface area contributed by atoms with Gasteiger partial charge in [-0.2, -0.15) is 0 Å². The van der Waals surface area contributed by atoms with Crippen LogP contribution in [0.4, 0.5) is 11.4 Å². The van der Waals surface area contributed by atoms with Crippen molar-refractivity contribution in [3.8, 4) is 56.8 Å². The van der Waals surface area contributed by atoms with E-state index in [4.69, 9.17) is 28.4 Å². The molecule has 0 unspecified atom stereocenters. The fourth-order valence-corrected chi connectivity index (χ4v) is 8.76. The van der Waals surface area contributed by atoms with Gasteiger partial charge in [-0.25, -0.2) is 0 Å². The van der Waals surface area contributed by atoms with Crippen molar-refractivity contribution >= 4 is 23.2 Å². The molecule has 6 rings (SSSR count). The van der Waals surface area contributed by atoms with Gasteiger partial charge in [-0.3, -0.25) is 19.2 Å². The molecule has 4 aromatic carbocycles. The van der Waals surface area contributed by atoms with Gasteiger partial charge in [0.25, 0.3) is 0 Å². The summed E-state index contributed by atoms with van der Waals surface area (Å²) < 4.78 is 34.5.